The highest BCUT2D eigenvalue weighted by Gasteiger charge is 2.26. The summed E-state index contributed by atoms with van der Waals surface area (Å²) < 4.78 is 1.77. The molecular weight excluding hydrogens is 416 g/mol. The van der Waals surface area contributed by atoms with Crippen molar-refractivity contribution in [3.8, 4) is 0 Å². The Kier molecular flexibility index (Phi) is 5.91. The van der Waals surface area contributed by atoms with E-state index < -0.39 is 0 Å². The van der Waals surface area contributed by atoms with Crippen LogP contribution >= 0.6 is 11.3 Å². The topological polar surface area (TPSA) is 41.4 Å². The third kappa shape index (κ3) is 4.01. The van der Waals surface area contributed by atoms with Crippen LogP contribution in [0.1, 0.15) is 27.6 Å². The molecule has 32 heavy (non-hydrogen) atoms. The first-order valence-electron chi connectivity index (χ1n) is 11.1. The van der Waals surface area contributed by atoms with E-state index in [9.17, 15) is 4.79 Å². The predicted molar refractivity (Wildman–Crippen MR) is 131 cm³/mol. The monoisotopic (exact) mass is 444 g/mol. The minimum absolute atomic E-state index is 0.0747. The van der Waals surface area contributed by atoms with Gasteiger partial charge in [-0.25, -0.2) is 4.98 Å². The maximum atomic E-state index is 13.1. The number of fused-ring (bicyclic) bond motifs is 1. The van der Waals surface area contributed by atoms with Gasteiger partial charge < -0.3 is 0 Å². The summed E-state index contributed by atoms with van der Waals surface area (Å²) in [6.07, 6.45) is 1.71. The first-order valence-corrected chi connectivity index (χ1v) is 11.9. The van der Waals surface area contributed by atoms with Gasteiger partial charge in [0.15, 0.2) is 0 Å². The van der Waals surface area contributed by atoms with Crippen molar-refractivity contribution in [3.05, 3.63) is 98.9 Å². The highest BCUT2D eigenvalue weighted by Crippen LogP contribution is 2.29. The largest absolute Gasteiger partial charge is 0.290 e. The van der Waals surface area contributed by atoms with Gasteiger partial charge in [0.25, 0.3) is 5.56 Å². The van der Waals surface area contributed by atoms with Gasteiger partial charge >= 0.3 is 0 Å². The Labute approximate surface area is 192 Å². The molecule has 0 bridgehead atoms. The van der Waals surface area contributed by atoms with Gasteiger partial charge in [0.05, 0.1) is 18.1 Å². The number of hydrogen-bond acceptors (Lipinski definition) is 5. The zero-order valence-electron chi connectivity index (χ0n) is 18.6. The number of hydrogen-bond donors (Lipinski definition) is 0. The lowest BCUT2D eigenvalue weighted by Gasteiger charge is -2.39. The smallest absolute Gasteiger partial charge is 0.263 e. The number of piperazine rings is 1. The molecular formula is C26H28N4OS. The van der Waals surface area contributed by atoms with Crippen LogP contribution in [-0.2, 0) is 6.67 Å². The summed E-state index contributed by atoms with van der Waals surface area (Å²) in [5, 5.41) is 0.779. The minimum Gasteiger partial charge on any atom is -0.290 e. The van der Waals surface area contributed by atoms with Crippen molar-refractivity contribution in [1.82, 2.24) is 19.4 Å². The summed E-state index contributed by atoms with van der Waals surface area (Å²) in [6.45, 7) is 8.41. The molecule has 0 N–H and O–H groups in total. The van der Waals surface area contributed by atoms with Gasteiger partial charge in [-0.05, 0) is 30.5 Å². The SMILES string of the molecule is Cc1sc2ncn(CN3CCN(C(c4ccccc4)c4ccccc4)CC3)c(=O)c2c1C. The van der Waals surface area contributed by atoms with E-state index in [2.05, 4.69) is 82.4 Å². The van der Waals surface area contributed by atoms with E-state index in [0.717, 1.165) is 42.0 Å². The molecule has 2 aromatic heterocycles. The minimum atomic E-state index is 0.0747. The van der Waals surface area contributed by atoms with Gasteiger partial charge in [0.2, 0.25) is 0 Å². The van der Waals surface area contributed by atoms with Gasteiger partial charge in [-0.15, -0.1) is 11.3 Å². The molecule has 164 valence electrons. The molecule has 1 aliphatic heterocycles. The molecule has 0 saturated carbocycles. The number of rotatable bonds is 5. The lowest BCUT2D eigenvalue weighted by molar-refractivity contribution is 0.0874. The van der Waals surface area contributed by atoms with E-state index in [4.69, 9.17) is 0 Å². The lowest BCUT2D eigenvalue weighted by Crippen LogP contribution is -2.49. The summed E-state index contributed by atoms with van der Waals surface area (Å²) in [5.74, 6) is 0. The normalized spacial score (nSPS) is 15.6. The van der Waals surface area contributed by atoms with Crippen molar-refractivity contribution < 1.29 is 0 Å². The maximum absolute atomic E-state index is 13.1. The Balaban J connectivity index is 1.33. The average molecular weight is 445 g/mol. The number of benzene rings is 2. The van der Waals surface area contributed by atoms with E-state index in [0.29, 0.717) is 6.67 Å². The van der Waals surface area contributed by atoms with Gasteiger partial charge in [0.1, 0.15) is 11.2 Å². The molecule has 0 amide bonds. The second-order valence-corrected chi connectivity index (χ2v) is 9.71. The number of aryl methyl sites for hydroxylation is 2. The molecule has 0 radical (unpaired) electrons. The van der Waals surface area contributed by atoms with Gasteiger partial charge in [0, 0.05) is 31.1 Å². The Bertz CT molecular complexity index is 1220. The molecule has 5 nitrogen and oxygen atoms in total. The molecule has 0 spiro atoms. The summed E-state index contributed by atoms with van der Waals surface area (Å²) in [4.78, 5) is 24.6. The van der Waals surface area contributed by atoms with Crippen LogP contribution < -0.4 is 5.56 Å². The highest BCUT2D eigenvalue weighted by molar-refractivity contribution is 7.18. The zero-order valence-corrected chi connectivity index (χ0v) is 19.4. The summed E-state index contributed by atoms with van der Waals surface area (Å²) >= 11 is 1.60. The standard InChI is InChI=1S/C26H28N4OS/c1-19-20(2)32-25-23(19)26(31)30(17-27-25)18-28-13-15-29(16-14-28)24(21-9-5-3-6-10-21)22-11-7-4-8-12-22/h3-12,17,24H,13-16,18H2,1-2H3. The van der Waals surface area contributed by atoms with Crippen LogP contribution in [-0.4, -0.2) is 45.5 Å². The number of aromatic nitrogens is 2. The third-order valence-electron chi connectivity index (χ3n) is 6.51. The quantitative estimate of drug-likeness (QED) is 0.456. The Morgan fingerprint density at radius 3 is 2.09 bits per heavy atom. The van der Waals surface area contributed by atoms with Crippen molar-refractivity contribution in [1.29, 1.82) is 0 Å². The van der Waals surface area contributed by atoms with E-state index in [-0.39, 0.29) is 11.6 Å². The molecule has 0 aliphatic carbocycles. The van der Waals surface area contributed by atoms with E-state index >= 15 is 0 Å². The summed E-state index contributed by atoms with van der Waals surface area (Å²) in [7, 11) is 0. The van der Waals surface area contributed by atoms with Crippen LogP contribution in [0.4, 0.5) is 0 Å². The molecule has 1 aliphatic rings. The first-order chi connectivity index (χ1) is 15.6. The maximum Gasteiger partial charge on any atom is 0.263 e. The molecule has 0 atom stereocenters. The van der Waals surface area contributed by atoms with Crippen molar-refractivity contribution >= 4 is 21.6 Å². The van der Waals surface area contributed by atoms with Crippen LogP contribution in [0.25, 0.3) is 10.2 Å². The van der Waals surface area contributed by atoms with Gasteiger partial charge in [-0.3, -0.25) is 19.2 Å². The Hall–Kier alpha value is -2.80. The molecule has 3 heterocycles. The molecule has 0 unspecified atom stereocenters. The Morgan fingerprint density at radius 1 is 0.906 bits per heavy atom. The first kappa shape index (κ1) is 21.1. The molecule has 1 saturated heterocycles. The van der Waals surface area contributed by atoms with Crippen LogP contribution in [0.2, 0.25) is 0 Å². The third-order valence-corrected chi connectivity index (χ3v) is 7.63. The summed E-state index contributed by atoms with van der Waals surface area (Å²) in [6, 6.07) is 21.7. The molecule has 1 fully saturated rings. The predicted octanol–water partition coefficient (Wildman–Crippen LogP) is 4.44. The van der Waals surface area contributed by atoms with E-state index in [1.165, 1.54) is 16.0 Å². The lowest BCUT2D eigenvalue weighted by atomic mass is 9.96. The molecule has 2 aromatic carbocycles. The molecule has 6 heteroatoms. The second-order valence-electron chi connectivity index (χ2n) is 8.50. The van der Waals surface area contributed by atoms with Gasteiger partial charge in [-0.1, -0.05) is 60.7 Å². The fourth-order valence-electron chi connectivity index (χ4n) is 4.63. The van der Waals surface area contributed by atoms with Crippen molar-refractivity contribution in [2.45, 2.75) is 26.6 Å². The van der Waals surface area contributed by atoms with Crippen LogP contribution in [0.15, 0.2) is 71.8 Å². The van der Waals surface area contributed by atoms with Crippen LogP contribution in [0.5, 0.6) is 0 Å². The highest BCUT2D eigenvalue weighted by atomic mass is 32.1. The van der Waals surface area contributed by atoms with Gasteiger partial charge in [-0.2, -0.15) is 0 Å². The van der Waals surface area contributed by atoms with Crippen LogP contribution in [0, 0.1) is 13.8 Å². The summed E-state index contributed by atoms with van der Waals surface area (Å²) in [5.41, 5.74) is 3.78. The second kappa shape index (κ2) is 8.98. The van der Waals surface area contributed by atoms with Crippen molar-refractivity contribution in [2.24, 2.45) is 0 Å². The van der Waals surface area contributed by atoms with Crippen LogP contribution in [0.3, 0.4) is 0 Å². The number of nitrogens with zero attached hydrogens (tertiary/aromatic N) is 4. The van der Waals surface area contributed by atoms with E-state index in [1.807, 2.05) is 6.92 Å². The fraction of sp³-hybridized carbons (Fsp3) is 0.308. The Morgan fingerprint density at radius 2 is 1.50 bits per heavy atom. The number of thiophene rings is 1. The average Bonchev–Trinajstić information content (AvgIpc) is 3.12. The molecule has 5 rings (SSSR count). The van der Waals surface area contributed by atoms with Crippen molar-refractivity contribution in [2.75, 3.05) is 26.2 Å². The van der Waals surface area contributed by atoms with Crippen molar-refractivity contribution in [3.63, 3.8) is 0 Å². The zero-order chi connectivity index (χ0) is 22.1. The van der Waals surface area contributed by atoms with E-state index in [1.54, 1.807) is 22.2 Å². The fourth-order valence-corrected chi connectivity index (χ4v) is 5.62. The molecule has 4 aromatic rings.